The summed E-state index contributed by atoms with van der Waals surface area (Å²) in [6, 6.07) is 8.40. The lowest BCUT2D eigenvalue weighted by atomic mass is 10.2. The number of amides is 1. The highest BCUT2D eigenvalue weighted by molar-refractivity contribution is 7.97. The molecule has 118 valence electrons. The first kappa shape index (κ1) is 15.4. The van der Waals surface area contributed by atoms with Gasteiger partial charge in [0.2, 0.25) is 5.91 Å². The normalized spacial score (nSPS) is 18.8. The summed E-state index contributed by atoms with van der Waals surface area (Å²) in [6.07, 6.45) is 2.06. The molecule has 3 rings (SSSR count). The zero-order valence-corrected chi connectivity index (χ0v) is 13.9. The summed E-state index contributed by atoms with van der Waals surface area (Å²) in [5, 5.41) is 3.37. The first-order valence-corrected chi connectivity index (χ1v) is 9.02. The van der Waals surface area contributed by atoms with Crippen LogP contribution >= 0.6 is 11.8 Å². The number of carbonyl (C=O) groups is 1. The highest BCUT2D eigenvalue weighted by Gasteiger charge is 2.22. The molecule has 22 heavy (non-hydrogen) atoms. The fourth-order valence-electron chi connectivity index (χ4n) is 2.94. The number of nitrogens with one attached hydrogen (secondary N) is 1. The molecule has 0 spiro atoms. The number of carbonyl (C=O) groups excluding carboxylic acids is 1. The molecule has 1 atom stereocenters. The molecule has 5 nitrogen and oxygen atoms in total. The van der Waals surface area contributed by atoms with E-state index < -0.39 is 0 Å². The van der Waals surface area contributed by atoms with E-state index in [1.807, 2.05) is 29.2 Å². The van der Waals surface area contributed by atoms with Gasteiger partial charge in [0, 0.05) is 25.7 Å². The third kappa shape index (κ3) is 3.13. The van der Waals surface area contributed by atoms with Gasteiger partial charge in [0.15, 0.2) is 0 Å². The molecule has 0 saturated carbocycles. The van der Waals surface area contributed by atoms with E-state index in [1.54, 1.807) is 11.8 Å². The molecule has 1 aromatic heterocycles. The van der Waals surface area contributed by atoms with Crippen LogP contribution in [-0.4, -0.2) is 52.3 Å². The van der Waals surface area contributed by atoms with Crippen molar-refractivity contribution in [3.05, 3.63) is 30.1 Å². The Balaban J connectivity index is 1.85. The van der Waals surface area contributed by atoms with E-state index in [2.05, 4.69) is 28.0 Å². The molecular weight excluding hydrogens is 296 g/mol. The maximum absolute atomic E-state index is 12.7. The largest absolute Gasteiger partial charge is 0.338 e. The van der Waals surface area contributed by atoms with Crippen molar-refractivity contribution < 1.29 is 4.79 Å². The third-order valence-electron chi connectivity index (χ3n) is 4.02. The minimum atomic E-state index is 0.179. The molecular formula is C16H22N4OS. The Morgan fingerprint density at radius 2 is 2.27 bits per heavy atom. The Hall–Kier alpha value is -1.53. The summed E-state index contributed by atoms with van der Waals surface area (Å²) in [5.74, 6) is 1.98. The number of imidazole rings is 1. The van der Waals surface area contributed by atoms with Gasteiger partial charge < -0.3 is 14.8 Å². The van der Waals surface area contributed by atoms with E-state index in [1.165, 1.54) is 0 Å². The van der Waals surface area contributed by atoms with Gasteiger partial charge in [-0.3, -0.25) is 4.79 Å². The summed E-state index contributed by atoms with van der Waals surface area (Å²) < 4.78 is 2.07. The lowest BCUT2D eigenvalue weighted by molar-refractivity contribution is -0.132. The average Bonchev–Trinajstić information content (AvgIpc) is 2.85. The van der Waals surface area contributed by atoms with Crippen molar-refractivity contribution in [2.24, 2.45) is 0 Å². The molecule has 1 fully saturated rings. The van der Waals surface area contributed by atoms with Gasteiger partial charge in [0.25, 0.3) is 0 Å². The van der Waals surface area contributed by atoms with Crippen molar-refractivity contribution in [1.29, 1.82) is 0 Å². The minimum absolute atomic E-state index is 0.179. The second kappa shape index (κ2) is 6.71. The molecule has 1 N–H and O–H groups in total. The molecule has 0 radical (unpaired) electrons. The highest BCUT2D eigenvalue weighted by Crippen LogP contribution is 2.19. The van der Waals surface area contributed by atoms with Crippen LogP contribution < -0.4 is 5.32 Å². The minimum Gasteiger partial charge on any atom is -0.338 e. The van der Waals surface area contributed by atoms with E-state index in [-0.39, 0.29) is 5.91 Å². The van der Waals surface area contributed by atoms with Gasteiger partial charge in [0.05, 0.1) is 16.8 Å². The van der Waals surface area contributed by atoms with Crippen LogP contribution in [-0.2, 0) is 17.1 Å². The third-order valence-corrected chi connectivity index (χ3v) is 4.57. The average molecular weight is 318 g/mol. The Morgan fingerprint density at radius 1 is 1.45 bits per heavy atom. The van der Waals surface area contributed by atoms with Gasteiger partial charge in [-0.15, -0.1) is 0 Å². The number of benzene rings is 1. The summed E-state index contributed by atoms with van der Waals surface area (Å²) in [5.41, 5.74) is 2.01. The Morgan fingerprint density at radius 3 is 3.05 bits per heavy atom. The predicted molar refractivity (Wildman–Crippen MR) is 91.0 cm³/mol. The van der Waals surface area contributed by atoms with Crippen molar-refractivity contribution in [1.82, 2.24) is 19.8 Å². The van der Waals surface area contributed by atoms with E-state index in [9.17, 15) is 4.79 Å². The molecule has 1 aliphatic heterocycles. The number of hydrogen-bond acceptors (Lipinski definition) is 4. The van der Waals surface area contributed by atoms with E-state index in [4.69, 9.17) is 0 Å². The Labute approximate surface area is 135 Å². The predicted octanol–water partition coefficient (Wildman–Crippen LogP) is 1.72. The second-order valence-corrected chi connectivity index (χ2v) is 6.60. The summed E-state index contributed by atoms with van der Waals surface area (Å²) in [7, 11) is 0. The quantitative estimate of drug-likeness (QED) is 0.932. The molecule has 1 saturated heterocycles. The molecule has 1 aromatic carbocycles. The lowest BCUT2D eigenvalue weighted by Crippen LogP contribution is -2.52. The smallest absolute Gasteiger partial charge is 0.242 e. The van der Waals surface area contributed by atoms with Gasteiger partial charge in [-0.05, 0) is 25.3 Å². The Kier molecular flexibility index (Phi) is 4.69. The van der Waals surface area contributed by atoms with E-state index >= 15 is 0 Å². The van der Waals surface area contributed by atoms with Crippen LogP contribution in [0.4, 0.5) is 0 Å². The van der Waals surface area contributed by atoms with Crippen LogP contribution in [0.2, 0.25) is 0 Å². The van der Waals surface area contributed by atoms with Gasteiger partial charge >= 0.3 is 0 Å². The standard InChI is InChI=1S/C16H22N4OS/c1-12-9-19(8-7-17-12)16(21)10-20-14-6-4-3-5-13(14)18-15(20)11-22-2/h3-6,12,17H,7-11H2,1-2H3. The van der Waals surface area contributed by atoms with Crippen LogP contribution in [0.15, 0.2) is 24.3 Å². The Bertz CT molecular complexity index is 669. The van der Waals surface area contributed by atoms with Gasteiger partial charge in [-0.25, -0.2) is 4.98 Å². The zero-order chi connectivity index (χ0) is 15.5. The first-order valence-electron chi connectivity index (χ1n) is 7.63. The topological polar surface area (TPSA) is 50.2 Å². The van der Waals surface area contributed by atoms with E-state index in [0.717, 1.165) is 42.2 Å². The van der Waals surface area contributed by atoms with Crippen molar-refractivity contribution in [3.8, 4) is 0 Å². The SMILES string of the molecule is CSCc1nc2ccccc2n1CC(=O)N1CCNC(C)C1. The molecule has 2 heterocycles. The number of fused-ring (bicyclic) bond motifs is 1. The molecule has 0 aliphatic carbocycles. The number of aromatic nitrogens is 2. The molecule has 2 aromatic rings. The highest BCUT2D eigenvalue weighted by atomic mass is 32.2. The maximum atomic E-state index is 12.7. The van der Waals surface area contributed by atoms with Crippen molar-refractivity contribution in [3.63, 3.8) is 0 Å². The number of thioether (sulfide) groups is 1. The van der Waals surface area contributed by atoms with Crippen LogP contribution in [0.3, 0.4) is 0 Å². The fourth-order valence-corrected chi connectivity index (χ4v) is 3.41. The molecule has 1 amide bonds. The summed E-state index contributed by atoms with van der Waals surface area (Å²) in [6.45, 7) is 4.93. The first-order chi connectivity index (χ1) is 10.7. The van der Waals surface area contributed by atoms with Crippen LogP contribution in [0.1, 0.15) is 12.7 Å². The maximum Gasteiger partial charge on any atom is 0.242 e. The number of nitrogens with zero attached hydrogens (tertiary/aromatic N) is 3. The lowest BCUT2D eigenvalue weighted by Gasteiger charge is -2.32. The fraction of sp³-hybridized carbons (Fsp3) is 0.500. The van der Waals surface area contributed by atoms with Gasteiger partial charge in [-0.1, -0.05) is 12.1 Å². The molecule has 0 bridgehead atoms. The van der Waals surface area contributed by atoms with Crippen molar-refractivity contribution in [2.75, 3.05) is 25.9 Å². The monoisotopic (exact) mass is 318 g/mol. The van der Waals surface area contributed by atoms with Crippen molar-refractivity contribution in [2.45, 2.75) is 25.3 Å². The zero-order valence-electron chi connectivity index (χ0n) is 13.1. The second-order valence-electron chi connectivity index (χ2n) is 5.73. The van der Waals surface area contributed by atoms with Crippen LogP contribution in [0, 0.1) is 0 Å². The number of para-hydroxylation sites is 2. The summed E-state index contributed by atoms with van der Waals surface area (Å²) >= 11 is 1.73. The molecule has 1 aliphatic rings. The summed E-state index contributed by atoms with van der Waals surface area (Å²) in [4.78, 5) is 19.3. The van der Waals surface area contributed by atoms with Crippen LogP contribution in [0.5, 0.6) is 0 Å². The number of hydrogen-bond donors (Lipinski definition) is 1. The molecule has 1 unspecified atom stereocenters. The van der Waals surface area contributed by atoms with Gasteiger partial charge in [0.1, 0.15) is 12.4 Å². The number of piperazine rings is 1. The van der Waals surface area contributed by atoms with Gasteiger partial charge in [-0.2, -0.15) is 11.8 Å². The van der Waals surface area contributed by atoms with E-state index in [0.29, 0.717) is 12.6 Å². The van der Waals surface area contributed by atoms with Crippen molar-refractivity contribution >= 4 is 28.7 Å². The van der Waals surface area contributed by atoms with Crippen LogP contribution in [0.25, 0.3) is 11.0 Å². The number of rotatable bonds is 4. The molecule has 6 heteroatoms.